The van der Waals surface area contributed by atoms with E-state index in [1.54, 1.807) is 0 Å². The fraction of sp³-hybridized carbons (Fsp3) is 0.222. The van der Waals surface area contributed by atoms with Crippen LogP contribution in [0.5, 0.6) is 5.75 Å². The van der Waals surface area contributed by atoms with Crippen LogP contribution in [-0.4, -0.2) is 16.2 Å². The van der Waals surface area contributed by atoms with Crippen molar-refractivity contribution in [1.82, 2.24) is 0 Å². The van der Waals surface area contributed by atoms with Crippen LogP contribution in [0.4, 0.5) is 8.78 Å². The van der Waals surface area contributed by atoms with E-state index in [1.165, 1.54) is 18.2 Å². The molecule has 16 heavy (non-hydrogen) atoms. The number of carbonyl (C=O) groups is 1. The Bertz CT molecular complexity index is 391. The molecular weight excluding hydrogens is 284 g/mol. The minimum absolute atomic E-state index is 0.0156. The van der Waals surface area contributed by atoms with E-state index in [1.807, 2.05) is 0 Å². The van der Waals surface area contributed by atoms with Crippen molar-refractivity contribution in [3.63, 3.8) is 0 Å². The topological polar surface area (TPSA) is 26.3 Å². The monoisotopic (exact) mass is 288 g/mol. The van der Waals surface area contributed by atoms with Crippen molar-refractivity contribution in [3.05, 3.63) is 29.8 Å². The van der Waals surface area contributed by atoms with Gasteiger partial charge >= 0.3 is 6.61 Å². The molecule has 2 nitrogen and oxygen atoms in total. The SMILES string of the molecule is O=C(c1cccc(OC(F)F)c1)C(Cl)(Cl)Cl. The summed E-state index contributed by atoms with van der Waals surface area (Å²) in [4.78, 5) is 11.5. The molecule has 88 valence electrons. The van der Waals surface area contributed by atoms with Crippen molar-refractivity contribution < 1.29 is 18.3 Å². The molecule has 0 aliphatic heterocycles. The van der Waals surface area contributed by atoms with Crippen LogP contribution in [0.3, 0.4) is 0 Å². The summed E-state index contributed by atoms with van der Waals surface area (Å²) in [5, 5.41) is 0. The summed E-state index contributed by atoms with van der Waals surface area (Å²) >= 11 is 16.1. The first-order valence-electron chi connectivity index (χ1n) is 3.97. The van der Waals surface area contributed by atoms with Gasteiger partial charge in [0.15, 0.2) is 0 Å². The summed E-state index contributed by atoms with van der Waals surface area (Å²) in [7, 11) is 0. The normalized spacial score (nSPS) is 11.6. The highest BCUT2D eigenvalue weighted by molar-refractivity contribution is 6.77. The maximum atomic E-state index is 11.9. The van der Waals surface area contributed by atoms with Crippen LogP contribution < -0.4 is 4.74 Å². The standard InChI is InChI=1S/C9H5Cl3F2O2/c10-9(11,12)7(15)5-2-1-3-6(4-5)16-8(13)14/h1-4,8H. The number of halogens is 5. The van der Waals surface area contributed by atoms with Crippen molar-refractivity contribution in [3.8, 4) is 5.75 Å². The van der Waals surface area contributed by atoms with Crippen molar-refractivity contribution in [2.75, 3.05) is 0 Å². The van der Waals surface area contributed by atoms with E-state index in [0.29, 0.717) is 0 Å². The van der Waals surface area contributed by atoms with Crippen LogP contribution in [0, 0.1) is 0 Å². The van der Waals surface area contributed by atoms with Gasteiger partial charge in [0.2, 0.25) is 5.78 Å². The quantitative estimate of drug-likeness (QED) is 0.624. The van der Waals surface area contributed by atoms with E-state index in [-0.39, 0.29) is 11.3 Å². The summed E-state index contributed by atoms with van der Waals surface area (Å²) in [6, 6.07) is 5.03. The van der Waals surface area contributed by atoms with Crippen molar-refractivity contribution >= 4 is 40.6 Å². The molecule has 0 saturated carbocycles. The number of Topliss-reactive ketones (excluding diaryl/α,β-unsaturated/α-hetero) is 1. The number of hydrogen-bond donors (Lipinski definition) is 0. The van der Waals surface area contributed by atoms with E-state index in [4.69, 9.17) is 34.8 Å². The molecule has 0 unspecified atom stereocenters. The summed E-state index contributed by atoms with van der Waals surface area (Å²) < 4.78 is 25.8. The molecule has 0 atom stereocenters. The van der Waals surface area contributed by atoms with Gasteiger partial charge in [0.05, 0.1) is 0 Å². The van der Waals surface area contributed by atoms with Gasteiger partial charge in [-0.25, -0.2) is 0 Å². The number of rotatable bonds is 3. The first-order chi connectivity index (χ1) is 7.30. The maximum absolute atomic E-state index is 11.9. The lowest BCUT2D eigenvalue weighted by atomic mass is 10.1. The van der Waals surface area contributed by atoms with Crippen LogP contribution in [0.1, 0.15) is 10.4 Å². The van der Waals surface area contributed by atoms with Gasteiger partial charge in [-0.2, -0.15) is 8.78 Å². The average molecular weight is 289 g/mol. The van der Waals surface area contributed by atoms with Crippen LogP contribution in [0.25, 0.3) is 0 Å². The van der Waals surface area contributed by atoms with Gasteiger partial charge in [-0.05, 0) is 12.1 Å². The molecule has 0 heterocycles. The molecular formula is C9H5Cl3F2O2. The first-order valence-corrected chi connectivity index (χ1v) is 5.10. The van der Waals surface area contributed by atoms with Crippen molar-refractivity contribution in [2.24, 2.45) is 0 Å². The molecule has 0 bridgehead atoms. The summed E-state index contributed by atoms with van der Waals surface area (Å²) in [5.41, 5.74) is -0.0156. The molecule has 0 amide bonds. The zero-order chi connectivity index (χ0) is 12.3. The molecule has 0 aliphatic rings. The van der Waals surface area contributed by atoms with Gasteiger partial charge in [0, 0.05) is 5.56 Å². The van der Waals surface area contributed by atoms with Crippen LogP contribution in [-0.2, 0) is 0 Å². The van der Waals surface area contributed by atoms with E-state index in [2.05, 4.69) is 4.74 Å². The van der Waals surface area contributed by atoms with Crippen LogP contribution in [0.15, 0.2) is 24.3 Å². The number of hydrogen-bond acceptors (Lipinski definition) is 2. The summed E-state index contributed by atoms with van der Waals surface area (Å²) in [6.07, 6.45) is 0. The molecule has 0 radical (unpaired) electrons. The minimum Gasteiger partial charge on any atom is -0.435 e. The van der Waals surface area contributed by atoms with Gasteiger partial charge in [-0.15, -0.1) is 0 Å². The third kappa shape index (κ3) is 3.77. The summed E-state index contributed by atoms with van der Waals surface area (Å²) in [6.45, 7) is -2.97. The highest BCUT2D eigenvalue weighted by atomic mass is 35.6. The summed E-state index contributed by atoms with van der Waals surface area (Å²) in [5.74, 6) is -0.979. The zero-order valence-electron chi connectivity index (χ0n) is 7.59. The lowest BCUT2D eigenvalue weighted by Gasteiger charge is -2.10. The molecule has 1 aromatic rings. The molecule has 0 aromatic heterocycles. The number of ether oxygens (including phenoxy) is 1. The van der Waals surface area contributed by atoms with Crippen LogP contribution in [0.2, 0.25) is 0 Å². The van der Waals surface area contributed by atoms with Gasteiger partial charge in [0.25, 0.3) is 3.79 Å². The number of ketones is 1. The molecule has 7 heteroatoms. The van der Waals surface area contributed by atoms with Gasteiger partial charge in [0.1, 0.15) is 5.75 Å². The van der Waals surface area contributed by atoms with Gasteiger partial charge in [-0.3, -0.25) is 4.79 Å². The second kappa shape index (κ2) is 5.17. The van der Waals surface area contributed by atoms with Gasteiger partial charge < -0.3 is 4.74 Å². The molecule has 0 spiro atoms. The Labute approximate surface area is 105 Å². The Balaban J connectivity index is 2.95. The Hall–Kier alpha value is -0.580. The lowest BCUT2D eigenvalue weighted by Crippen LogP contribution is -2.18. The van der Waals surface area contributed by atoms with E-state index >= 15 is 0 Å². The Morgan fingerprint density at radius 1 is 1.31 bits per heavy atom. The number of carbonyl (C=O) groups excluding carboxylic acids is 1. The minimum atomic E-state index is -2.97. The van der Waals surface area contributed by atoms with Gasteiger partial charge in [-0.1, -0.05) is 46.9 Å². The molecule has 1 aromatic carbocycles. The molecule has 1 rings (SSSR count). The molecule has 0 N–H and O–H groups in total. The number of alkyl halides is 5. The first kappa shape index (κ1) is 13.5. The zero-order valence-corrected chi connectivity index (χ0v) is 9.86. The maximum Gasteiger partial charge on any atom is 0.387 e. The molecule has 0 saturated heterocycles. The Kier molecular flexibility index (Phi) is 4.35. The number of benzene rings is 1. The van der Waals surface area contributed by atoms with E-state index in [0.717, 1.165) is 6.07 Å². The predicted molar refractivity (Wildman–Crippen MR) is 57.7 cm³/mol. The second-order valence-electron chi connectivity index (χ2n) is 2.73. The third-order valence-corrected chi connectivity index (χ3v) is 2.09. The Morgan fingerprint density at radius 3 is 2.44 bits per heavy atom. The predicted octanol–water partition coefficient (Wildman–Crippen LogP) is 3.84. The fourth-order valence-corrected chi connectivity index (χ4v) is 1.30. The highest BCUT2D eigenvalue weighted by Gasteiger charge is 2.31. The third-order valence-electron chi connectivity index (χ3n) is 1.58. The molecule has 0 fully saturated rings. The van der Waals surface area contributed by atoms with Crippen molar-refractivity contribution in [1.29, 1.82) is 0 Å². The van der Waals surface area contributed by atoms with Crippen molar-refractivity contribution in [2.45, 2.75) is 10.4 Å². The highest BCUT2D eigenvalue weighted by Crippen LogP contribution is 2.31. The fourth-order valence-electron chi connectivity index (χ4n) is 0.977. The van der Waals surface area contributed by atoms with E-state index < -0.39 is 16.2 Å². The largest absolute Gasteiger partial charge is 0.435 e. The van der Waals surface area contributed by atoms with E-state index in [9.17, 15) is 13.6 Å². The van der Waals surface area contributed by atoms with Crippen LogP contribution >= 0.6 is 34.8 Å². The lowest BCUT2D eigenvalue weighted by molar-refractivity contribution is -0.0498. The average Bonchev–Trinajstić information content (AvgIpc) is 2.14. The molecule has 0 aliphatic carbocycles. The second-order valence-corrected chi connectivity index (χ2v) is 5.01. The smallest absolute Gasteiger partial charge is 0.387 e. The Morgan fingerprint density at radius 2 is 1.94 bits per heavy atom.